The Bertz CT molecular complexity index is 63.2. The third-order valence-corrected chi connectivity index (χ3v) is 0.365. The zero-order valence-electron chi connectivity index (χ0n) is 3.88. The molecule has 0 aromatic carbocycles. The lowest BCUT2D eigenvalue weighted by Gasteiger charge is -1.90. The highest BCUT2D eigenvalue weighted by molar-refractivity contribution is 5.76. The third-order valence-electron chi connectivity index (χ3n) is 0.365. The van der Waals surface area contributed by atoms with E-state index in [9.17, 15) is 4.79 Å². The lowest BCUT2D eigenvalue weighted by Crippen LogP contribution is -2.07. The standard InChI is InChI=1S/C3H6NO3/c1-6-3(5)2-7-4/h2H,4H2,1H3. The highest BCUT2D eigenvalue weighted by Crippen LogP contribution is 1.76. The van der Waals surface area contributed by atoms with Gasteiger partial charge in [-0.05, 0) is 0 Å². The van der Waals surface area contributed by atoms with Crippen LogP contribution >= 0.6 is 0 Å². The molecule has 2 N–H and O–H groups in total. The average molecular weight is 104 g/mol. The Hall–Kier alpha value is -0.610. The highest BCUT2D eigenvalue weighted by atomic mass is 16.6. The third kappa shape index (κ3) is 3.21. The van der Waals surface area contributed by atoms with Gasteiger partial charge in [-0.15, -0.1) is 0 Å². The number of carbonyl (C=O) groups excluding carboxylic acids is 1. The molecule has 1 radical (unpaired) electrons. The van der Waals surface area contributed by atoms with Crippen LogP contribution in [0, 0.1) is 6.61 Å². The maximum atomic E-state index is 9.93. The van der Waals surface area contributed by atoms with Crippen molar-refractivity contribution in [3.63, 3.8) is 0 Å². The zero-order valence-corrected chi connectivity index (χ0v) is 3.88. The molecule has 0 unspecified atom stereocenters. The van der Waals surface area contributed by atoms with Crippen LogP contribution in [0.2, 0.25) is 0 Å². The van der Waals surface area contributed by atoms with E-state index < -0.39 is 5.97 Å². The molecule has 4 nitrogen and oxygen atoms in total. The number of rotatable bonds is 2. The summed E-state index contributed by atoms with van der Waals surface area (Å²) in [6.07, 6.45) is 0. The van der Waals surface area contributed by atoms with E-state index in [-0.39, 0.29) is 0 Å². The molecular formula is C3H6NO3. The van der Waals surface area contributed by atoms with Gasteiger partial charge >= 0.3 is 5.97 Å². The Kier molecular flexibility index (Phi) is 3.26. The Labute approximate surface area is 41.2 Å². The van der Waals surface area contributed by atoms with E-state index in [1.165, 1.54) is 7.11 Å². The lowest BCUT2D eigenvalue weighted by molar-refractivity contribution is -0.141. The van der Waals surface area contributed by atoms with Gasteiger partial charge in [-0.1, -0.05) is 0 Å². The van der Waals surface area contributed by atoms with Gasteiger partial charge in [-0.25, -0.2) is 10.7 Å². The van der Waals surface area contributed by atoms with Gasteiger partial charge in [0.2, 0.25) is 6.61 Å². The van der Waals surface area contributed by atoms with E-state index in [1.54, 1.807) is 0 Å². The van der Waals surface area contributed by atoms with E-state index in [1.807, 2.05) is 0 Å². The number of ether oxygens (including phenoxy) is 1. The number of nitrogens with two attached hydrogens (primary N) is 1. The number of hydrogen-bond donors (Lipinski definition) is 1. The molecular weight excluding hydrogens is 98.0 g/mol. The Balaban J connectivity index is 3.00. The molecule has 0 aliphatic rings. The summed E-state index contributed by atoms with van der Waals surface area (Å²) in [6.45, 7) is 0.764. The van der Waals surface area contributed by atoms with Crippen molar-refractivity contribution in [1.29, 1.82) is 0 Å². The Morgan fingerprint density at radius 3 is 2.57 bits per heavy atom. The van der Waals surface area contributed by atoms with Gasteiger partial charge in [-0.2, -0.15) is 0 Å². The molecule has 0 aliphatic heterocycles. The minimum atomic E-state index is -0.595. The molecule has 0 amide bonds. The van der Waals surface area contributed by atoms with Crippen molar-refractivity contribution in [2.24, 2.45) is 5.90 Å². The van der Waals surface area contributed by atoms with Gasteiger partial charge in [0.15, 0.2) is 0 Å². The van der Waals surface area contributed by atoms with Crippen molar-refractivity contribution >= 4 is 5.97 Å². The molecule has 0 aliphatic carbocycles. The quantitative estimate of drug-likeness (QED) is 0.368. The molecule has 41 valence electrons. The van der Waals surface area contributed by atoms with Crippen molar-refractivity contribution in [2.45, 2.75) is 0 Å². The molecule has 0 aromatic heterocycles. The summed E-state index contributed by atoms with van der Waals surface area (Å²) in [5.41, 5.74) is 0. The predicted molar refractivity (Wildman–Crippen MR) is 21.6 cm³/mol. The van der Waals surface area contributed by atoms with Crippen LogP contribution in [-0.2, 0) is 14.4 Å². The lowest BCUT2D eigenvalue weighted by atomic mass is 10.7. The van der Waals surface area contributed by atoms with E-state index in [4.69, 9.17) is 0 Å². The smallest absolute Gasteiger partial charge is 0.340 e. The molecule has 0 spiro atoms. The van der Waals surface area contributed by atoms with Gasteiger partial charge in [-0.3, -0.25) is 4.84 Å². The summed E-state index contributed by atoms with van der Waals surface area (Å²) >= 11 is 0. The van der Waals surface area contributed by atoms with Crippen molar-refractivity contribution in [1.82, 2.24) is 0 Å². The summed E-state index contributed by atoms with van der Waals surface area (Å²) in [6, 6.07) is 0. The summed E-state index contributed by atoms with van der Waals surface area (Å²) in [7, 11) is 1.23. The average Bonchev–Trinajstić information content (AvgIpc) is 1.68. The van der Waals surface area contributed by atoms with Crippen LogP contribution in [0.3, 0.4) is 0 Å². The highest BCUT2D eigenvalue weighted by Gasteiger charge is 1.95. The second-order valence-electron chi connectivity index (χ2n) is 0.777. The van der Waals surface area contributed by atoms with Gasteiger partial charge in [0.25, 0.3) is 0 Å². The van der Waals surface area contributed by atoms with Crippen LogP contribution < -0.4 is 5.90 Å². The van der Waals surface area contributed by atoms with E-state index in [2.05, 4.69) is 15.5 Å². The maximum Gasteiger partial charge on any atom is 0.340 e. The molecule has 0 rings (SSSR count). The van der Waals surface area contributed by atoms with Gasteiger partial charge < -0.3 is 4.74 Å². The fraction of sp³-hybridized carbons (Fsp3) is 0.333. The molecule has 0 fully saturated rings. The summed E-state index contributed by atoms with van der Waals surface area (Å²) in [4.78, 5) is 13.7. The number of hydrogen-bond acceptors (Lipinski definition) is 4. The minimum Gasteiger partial charge on any atom is -0.467 e. The zero-order chi connectivity index (χ0) is 5.70. The second kappa shape index (κ2) is 3.58. The van der Waals surface area contributed by atoms with Gasteiger partial charge in [0.05, 0.1) is 7.11 Å². The molecule has 0 saturated heterocycles. The summed E-state index contributed by atoms with van der Waals surface area (Å²) in [5, 5.41) is 0. The first-order valence-electron chi connectivity index (χ1n) is 1.58. The normalized spacial score (nSPS) is 8.29. The van der Waals surface area contributed by atoms with E-state index in [0.29, 0.717) is 0 Å². The van der Waals surface area contributed by atoms with Crippen LogP contribution in [0.4, 0.5) is 0 Å². The predicted octanol–water partition coefficient (Wildman–Crippen LogP) is -0.789. The first kappa shape index (κ1) is 6.39. The van der Waals surface area contributed by atoms with Crippen molar-refractivity contribution in [3.8, 4) is 0 Å². The second-order valence-corrected chi connectivity index (χ2v) is 0.777. The van der Waals surface area contributed by atoms with Gasteiger partial charge in [0, 0.05) is 0 Å². The van der Waals surface area contributed by atoms with Crippen molar-refractivity contribution < 1.29 is 14.4 Å². The number of carbonyl (C=O) groups is 1. The molecule has 0 aromatic rings. The molecule has 4 heteroatoms. The summed E-state index contributed by atoms with van der Waals surface area (Å²) in [5.74, 6) is 3.85. The molecule has 0 atom stereocenters. The first-order chi connectivity index (χ1) is 3.31. The fourth-order valence-corrected chi connectivity index (χ4v) is 0.104. The van der Waals surface area contributed by atoms with Crippen molar-refractivity contribution in [2.75, 3.05) is 7.11 Å². The molecule has 0 bridgehead atoms. The van der Waals surface area contributed by atoms with Crippen molar-refractivity contribution in [3.05, 3.63) is 6.61 Å². The summed E-state index contributed by atoms with van der Waals surface area (Å²) < 4.78 is 4.09. The molecule has 0 heterocycles. The first-order valence-corrected chi connectivity index (χ1v) is 1.58. The van der Waals surface area contributed by atoms with E-state index >= 15 is 0 Å². The van der Waals surface area contributed by atoms with Crippen LogP contribution in [0.5, 0.6) is 0 Å². The van der Waals surface area contributed by atoms with E-state index in [0.717, 1.165) is 6.61 Å². The maximum absolute atomic E-state index is 9.93. The molecule has 7 heavy (non-hydrogen) atoms. The van der Waals surface area contributed by atoms with Crippen LogP contribution in [0.25, 0.3) is 0 Å². The largest absolute Gasteiger partial charge is 0.467 e. The fourth-order valence-electron chi connectivity index (χ4n) is 0.104. The topological polar surface area (TPSA) is 61.5 Å². The monoisotopic (exact) mass is 104 g/mol. The number of esters is 1. The van der Waals surface area contributed by atoms with Gasteiger partial charge in [0.1, 0.15) is 0 Å². The Morgan fingerprint density at radius 2 is 2.43 bits per heavy atom. The SMILES string of the molecule is COC(=O)[CH]ON. The Morgan fingerprint density at radius 1 is 1.86 bits per heavy atom. The molecule has 0 saturated carbocycles. The van der Waals surface area contributed by atoms with Crippen LogP contribution in [0.15, 0.2) is 0 Å². The number of methoxy groups -OCH3 is 1. The van der Waals surface area contributed by atoms with Crippen LogP contribution in [0.1, 0.15) is 0 Å². The van der Waals surface area contributed by atoms with Crippen LogP contribution in [-0.4, -0.2) is 13.1 Å². The minimum absolute atomic E-state index is 0.595.